The molecule has 4 rings (SSSR count). The molecule has 4 aromatic rings. The first-order chi connectivity index (χ1) is 19.4. The van der Waals surface area contributed by atoms with E-state index in [1.54, 1.807) is 91.5 Å². The Bertz CT molecular complexity index is 1640. The molecule has 0 aliphatic heterocycles. The molecule has 0 bridgehead atoms. The molecule has 6 nitrogen and oxygen atoms in total. The zero-order valence-corrected chi connectivity index (χ0v) is 25.5. The van der Waals surface area contributed by atoms with Crippen LogP contribution < -0.4 is 9.62 Å². The summed E-state index contributed by atoms with van der Waals surface area (Å²) in [6, 6.07) is 27.6. The molecular formula is C33H34N2O4S2. The van der Waals surface area contributed by atoms with Crippen LogP contribution in [-0.4, -0.2) is 32.9 Å². The molecule has 0 aliphatic carbocycles. The first-order valence-electron chi connectivity index (χ1n) is 13.3. The predicted molar refractivity (Wildman–Crippen MR) is 168 cm³/mol. The minimum Gasteiger partial charge on any atom is -0.322 e. The molecule has 1 amide bonds. The average molecular weight is 587 g/mol. The van der Waals surface area contributed by atoms with E-state index in [0.29, 0.717) is 28.1 Å². The van der Waals surface area contributed by atoms with Gasteiger partial charge in [-0.15, -0.1) is 11.8 Å². The number of carbonyl (C=O) groups is 2. The van der Waals surface area contributed by atoms with E-state index in [-0.39, 0.29) is 28.5 Å². The largest absolute Gasteiger partial charge is 0.322 e. The maximum Gasteiger partial charge on any atom is 0.264 e. The standard InChI is InChI=1S/C33H34N2O4S2/c1-6-35(41(38,39)30-20-18-29(40-5)19-21-30)28-16-12-24(13-17-28)32(37)34-27-9-7-8-25(22-27)31(36)23-10-14-26(15-11-23)33(2,3)4/h7-22H,6H2,1-5H3,(H,34,37). The molecule has 0 radical (unpaired) electrons. The third-order valence-corrected chi connectivity index (χ3v) is 9.41. The van der Waals surface area contributed by atoms with Gasteiger partial charge in [0.25, 0.3) is 15.9 Å². The van der Waals surface area contributed by atoms with E-state index in [9.17, 15) is 18.0 Å². The topological polar surface area (TPSA) is 83.6 Å². The quantitative estimate of drug-likeness (QED) is 0.163. The van der Waals surface area contributed by atoms with E-state index < -0.39 is 10.0 Å². The van der Waals surface area contributed by atoms with Crippen molar-refractivity contribution in [1.82, 2.24) is 0 Å². The number of benzene rings is 4. The van der Waals surface area contributed by atoms with Crippen molar-refractivity contribution in [3.63, 3.8) is 0 Å². The summed E-state index contributed by atoms with van der Waals surface area (Å²) in [5.74, 6) is -0.496. The van der Waals surface area contributed by atoms with Crippen molar-refractivity contribution < 1.29 is 18.0 Å². The van der Waals surface area contributed by atoms with Crippen LogP contribution in [0.15, 0.2) is 107 Å². The first kappa shape index (κ1) is 30.1. The van der Waals surface area contributed by atoms with Gasteiger partial charge >= 0.3 is 0 Å². The highest BCUT2D eigenvalue weighted by atomic mass is 32.2. The summed E-state index contributed by atoms with van der Waals surface area (Å²) in [5.41, 5.74) is 3.49. The first-order valence-corrected chi connectivity index (χ1v) is 15.9. The summed E-state index contributed by atoms with van der Waals surface area (Å²) in [6.07, 6.45) is 1.93. The molecule has 1 N–H and O–H groups in total. The van der Waals surface area contributed by atoms with E-state index in [2.05, 4.69) is 26.1 Å². The van der Waals surface area contributed by atoms with Gasteiger partial charge in [0.1, 0.15) is 0 Å². The molecule has 0 aliphatic rings. The third-order valence-electron chi connectivity index (χ3n) is 6.75. The van der Waals surface area contributed by atoms with E-state index in [1.807, 2.05) is 30.5 Å². The van der Waals surface area contributed by atoms with Gasteiger partial charge in [0, 0.05) is 33.8 Å². The molecule has 8 heteroatoms. The molecule has 4 aromatic carbocycles. The van der Waals surface area contributed by atoms with Crippen molar-refractivity contribution in [2.45, 2.75) is 42.9 Å². The number of rotatable bonds is 9. The van der Waals surface area contributed by atoms with E-state index in [1.165, 1.54) is 4.31 Å². The molecular weight excluding hydrogens is 553 g/mol. The highest BCUT2D eigenvalue weighted by Crippen LogP contribution is 2.27. The number of amides is 1. The molecule has 0 fully saturated rings. The number of anilines is 2. The van der Waals surface area contributed by atoms with Crippen LogP contribution in [-0.2, 0) is 15.4 Å². The second-order valence-electron chi connectivity index (χ2n) is 10.6. The van der Waals surface area contributed by atoms with Crippen LogP contribution >= 0.6 is 11.8 Å². The molecule has 41 heavy (non-hydrogen) atoms. The molecule has 0 saturated carbocycles. The highest BCUT2D eigenvalue weighted by Gasteiger charge is 2.24. The fourth-order valence-corrected chi connectivity index (χ4v) is 6.26. The Labute approximate surface area is 246 Å². The van der Waals surface area contributed by atoms with Gasteiger partial charge in [-0.05, 0) is 84.8 Å². The Kier molecular flexibility index (Phi) is 9.05. The Hall–Kier alpha value is -3.88. The lowest BCUT2D eigenvalue weighted by Crippen LogP contribution is -2.30. The second kappa shape index (κ2) is 12.3. The molecule has 0 spiro atoms. The van der Waals surface area contributed by atoms with Crippen molar-refractivity contribution in [3.05, 3.63) is 119 Å². The number of ketones is 1. The monoisotopic (exact) mass is 586 g/mol. The van der Waals surface area contributed by atoms with Gasteiger partial charge in [-0.1, -0.05) is 57.2 Å². The van der Waals surface area contributed by atoms with Crippen LogP contribution in [0.1, 0.15) is 59.5 Å². The van der Waals surface area contributed by atoms with Crippen LogP contribution in [0.25, 0.3) is 0 Å². The Morgan fingerprint density at radius 2 is 1.41 bits per heavy atom. The second-order valence-corrected chi connectivity index (χ2v) is 13.3. The minimum absolute atomic E-state index is 0.00687. The summed E-state index contributed by atoms with van der Waals surface area (Å²) in [6.45, 7) is 8.37. The Balaban J connectivity index is 1.48. The highest BCUT2D eigenvalue weighted by molar-refractivity contribution is 7.98. The van der Waals surface area contributed by atoms with Gasteiger partial charge in [0.05, 0.1) is 10.6 Å². The van der Waals surface area contributed by atoms with Gasteiger partial charge in [-0.3, -0.25) is 13.9 Å². The normalized spacial score (nSPS) is 11.6. The number of hydrogen-bond acceptors (Lipinski definition) is 5. The number of sulfonamides is 1. The van der Waals surface area contributed by atoms with Crippen LogP contribution in [0.3, 0.4) is 0 Å². The molecule has 0 saturated heterocycles. The lowest BCUT2D eigenvalue weighted by atomic mass is 9.86. The Morgan fingerprint density at radius 3 is 1.98 bits per heavy atom. The third kappa shape index (κ3) is 6.89. The molecule has 0 heterocycles. The number of nitrogens with one attached hydrogen (secondary N) is 1. The van der Waals surface area contributed by atoms with Crippen molar-refractivity contribution in [1.29, 1.82) is 0 Å². The fraction of sp³-hybridized carbons (Fsp3) is 0.212. The average Bonchev–Trinajstić information content (AvgIpc) is 2.97. The zero-order valence-electron chi connectivity index (χ0n) is 23.8. The van der Waals surface area contributed by atoms with E-state index in [0.717, 1.165) is 10.5 Å². The zero-order chi connectivity index (χ0) is 29.8. The number of thioether (sulfide) groups is 1. The van der Waals surface area contributed by atoms with E-state index in [4.69, 9.17) is 0 Å². The maximum atomic E-state index is 13.3. The molecule has 0 aromatic heterocycles. The minimum atomic E-state index is -3.76. The van der Waals surface area contributed by atoms with Crippen LogP contribution in [0, 0.1) is 0 Å². The lowest BCUT2D eigenvalue weighted by molar-refractivity contribution is 0.102. The van der Waals surface area contributed by atoms with Crippen molar-refractivity contribution in [2.24, 2.45) is 0 Å². The van der Waals surface area contributed by atoms with Crippen LogP contribution in [0.5, 0.6) is 0 Å². The van der Waals surface area contributed by atoms with Crippen molar-refractivity contribution in [3.8, 4) is 0 Å². The maximum absolute atomic E-state index is 13.3. The van der Waals surface area contributed by atoms with Gasteiger partial charge in [0.15, 0.2) is 5.78 Å². The Morgan fingerprint density at radius 1 is 0.805 bits per heavy atom. The van der Waals surface area contributed by atoms with Crippen molar-refractivity contribution in [2.75, 3.05) is 22.4 Å². The molecule has 0 atom stereocenters. The summed E-state index contributed by atoms with van der Waals surface area (Å²) in [4.78, 5) is 27.3. The summed E-state index contributed by atoms with van der Waals surface area (Å²) >= 11 is 1.54. The van der Waals surface area contributed by atoms with Crippen molar-refractivity contribution >= 4 is 44.9 Å². The fourth-order valence-electron chi connectivity index (χ4n) is 4.38. The molecule has 212 valence electrons. The van der Waals surface area contributed by atoms with Gasteiger partial charge in [-0.25, -0.2) is 8.42 Å². The summed E-state index contributed by atoms with van der Waals surface area (Å²) < 4.78 is 27.9. The lowest BCUT2D eigenvalue weighted by Gasteiger charge is -2.23. The smallest absolute Gasteiger partial charge is 0.264 e. The number of carbonyl (C=O) groups excluding carboxylic acids is 2. The SMILES string of the molecule is CCN(c1ccc(C(=O)Nc2cccc(C(=O)c3ccc(C(C)(C)C)cc3)c2)cc1)S(=O)(=O)c1ccc(SC)cc1. The van der Waals surface area contributed by atoms with Crippen LogP contribution in [0.2, 0.25) is 0 Å². The molecule has 0 unspecified atom stereocenters. The van der Waals surface area contributed by atoms with E-state index >= 15 is 0 Å². The predicted octanol–water partition coefficient (Wildman–Crippen LogP) is 7.40. The number of nitrogens with zero attached hydrogens (tertiary/aromatic N) is 1. The summed E-state index contributed by atoms with van der Waals surface area (Å²) in [5, 5.41) is 2.84. The van der Waals surface area contributed by atoms with Crippen LogP contribution in [0.4, 0.5) is 11.4 Å². The van der Waals surface area contributed by atoms with Gasteiger partial charge < -0.3 is 5.32 Å². The number of hydrogen-bond donors (Lipinski definition) is 1. The van der Waals surface area contributed by atoms with Gasteiger partial charge in [0.2, 0.25) is 0 Å². The summed E-state index contributed by atoms with van der Waals surface area (Å²) in [7, 11) is -3.76. The van der Waals surface area contributed by atoms with Gasteiger partial charge in [-0.2, -0.15) is 0 Å².